The van der Waals surface area contributed by atoms with Gasteiger partial charge in [0.1, 0.15) is 0 Å². The van der Waals surface area contributed by atoms with Crippen molar-refractivity contribution in [2.24, 2.45) is 5.92 Å². The smallest absolute Gasteiger partial charge is 0.241 e. The summed E-state index contributed by atoms with van der Waals surface area (Å²) in [5.74, 6) is 0.357. The van der Waals surface area contributed by atoms with Gasteiger partial charge in [-0.05, 0) is 38.3 Å². The number of para-hydroxylation sites is 1. The van der Waals surface area contributed by atoms with Gasteiger partial charge in [-0.25, -0.2) is 0 Å². The molecule has 2 unspecified atom stereocenters. The summed E-state index contributed by atoms with van der Waals surface area (Å²) in [6.07, 6.45) is 0.522. The summed E-state index contributed by atoms with van der Waals surface area (Å²) in [6.45, 7) is 8.11. The number of amides is 1. The molecule has 2 rings (SSSR count). The largest absolute Gasteiger partial charge is 0.393 e. The Bertz CT molecular complexity index is 461. The van der Waals surface area contributed by atoms with E-state index in [2.05, 4.69) is 4.90 Å². The van der Waals surface area contributed by atoms with Crippen molar-refractivity contribution in [2.45, 2.75) is 39.3 Å². The Morgan fingerprint density at radius 1 is 1.38 bits per heavy atom. The maximum absolute atomic E-state index is 12.7. The fourth-order valence-electron chi connectivity index (χ4n) is 2.95. The first-order chi connectivity index (χ1) is 9.99. The monoisotopic (exact) mass is 290 g/mol. The molecule has 0 aliphatic carbocycles. The summed E-state index contributed by atoms with van der Waals surface area (Å²) in [5.41, 5.74) is 0.947. The first-order valence-electron chi connectivity index (χ1n) is 7.76. The van der Waals surface area contributed by atoms with Crippen LogP contribution in [0.15, 0.2) is 30.3 Å². The molecule has 0 spiro atoms. The summed E-state index contributed by atoms with van der Waals surface area (Å²) < 4.78 is 0. The maximum Gasteiger partial charge on any atom is 0.241 e. The van der Waals surface area contributed by atoms with Gasteiger partial charge >= 0.3 is 0 Å². The second-order valence-corrected chi connectivity index (χ2v) is 6.26. The van der Waals surface area contributed by atoms with Gasteiger partial charge in [-0.3, -0.25) is 9.69 Å². The van der Waals surface area contributed by atoms with Gasteiger partial charge in [0.05, 0.1) is 12.6 Å². The van der Waals surface area contributed by atoms with Crippen LogP contribution in [0, 0.1) is 5.92 Å². The van der Waals surface area contributed by atoms with Crippen molar-refractivity contribution in [3.05, 3.63) is 30.3 Å². The van der Waals surface area contributed by atoms with Crippen LogP contribution in [0.25, 0.3) is 0 Å². The number of rotatable bonds is 4. The number of hydrogen-bond acceptors (Lipinski definition) is 3. The summed E-state index contributed by atoms with van der Waals surface area (Å²) in [5, 5.41) is 9.78. The van der Waals surface area contributed by atoms with Crippen molar-refractivity contribution in [2.75, 3.05) is 24.5 Å². The van der Waals surface area contributed by atoms with Gasteiger partial charge in [0.15, 0.2) is 0 Å². The molecule has 1 aliphatic heterocycles. The van der Waals surface area contributed by atoms with E-state index < -0.39 is 0 Å². The van der Waals surface area contributed by atoms with Crippen LogP contribution in [0.4, 0.5) is 5.69 Å². The fourth-order valence-corrected chi connectivity index (χ4v) is 2.95. The van der Waals surface area contributed by atoms with E-state index >= 15 is 0 Å². The number of aliphatic hydroxyl groups is 1. The minimum Gasteiger partial charge on any atom is -0.393 e. The van der Waals surface area contributed by atoms with Crippen LogP contribution in [0.3, 0.4) is 0 Å². The highest BCUT2D eigenvalue weighted by Crippen LogP contribution is 2.19. The van der Waals surface area contributed by atoms with Gasteiger partial charge < -0.3 is 10.0 Å². The molecule has 4 nitrogen and oxygen atoms in total. The topological polar surface area (TPSA) is 43.8 Å². The summed E-state index contributed by atoms with van der Waals surface area (Å²) in [7, 11) is 0. The lowest BCUT2D eigenvalue weighted by Gasteiger charge is -2.36. The number of benzene rings is 1. The van der Waals surface area contributed by atoms with Crippen molar-refractivity contribution in [3.63, 3.8) is 0 Å². The molecule has 2 atom stereocenters. The minimum absolute atomic E-state index is 0.125. The van der Waals surface area contributed by atoms with Crippen LogP contribution in [0.5, 0.6) is 0 Å². The standard InChI is InChI=1S/C17H26N2O2/c1-13(2)19(15-7-5-4-6-8-15)17(21)12-18-10-9-16(20)14(3)11-18/h4-8,13-14,16,20H,9-12H2,1-3H3. The first kappa shape index (κ1) is 16.0. The molecule has 1 N–H and O–H groups in total. The lowest BCUT2D eigenvalue weighted by Crippen LogP contribution is -2.48. The molecule has 1 aromatic carbocycles. The molecule has 4 heteroatoms. The van der Waals surface area contributed by atoms with E-state index in [1.807, 2.05) is 56.0 Å². The van der Waals surface area contributed by atoms with E-state index in [4.69, 9.17) is 0 Å². The third kappa shape index (κ3) is 4.05. The highest BCUT2D eigenvalue weighted by Gasteiger charge is 2.27. The third-order valence-corrected chi connectivity index (χ3v) is 4.12. The second kappa shape index (κ2) is 7.05. The molecule has 0 bridgehead atoms. The van der Waals surface area contributed by atoms with E-state index in [9.17, 15) is 9.90 Å². The fraction of sp³-hybridized carbons (Fsp3) is 0.588. The van der Waals surface area contributed by atoms with Gasteiger partial charge in [-0.15, -0.1) is 0 Å². The molecule has 1 aromatic rings. The number of nitrogens with zero attached hydrogens (tertiary/aromatic N) is 2. The van der Waals surface area contributed by atoms with E-state index in [1.165, 1.54) is 0 Å². The van der Waals surface area contributed by atoms with Crippen molar-refractivity contribution in [1.29, 1.82) is 0 Å². The van der Waals surface area contributed by atoms with Gasteiger partial charge in [-0.1, -0.05) is 25.1 Å². The molecule has 116 valence electrons. The van der Waals surface area contributed by atoms with Crippen molar-refractivity contribution in [3.8, 4) is 0 Å². The number of carbonyl (C=O) groups is 1. The van der Waals surface area contributed by atoms with Crippen LogP contribution in [0.1, 0.15) is 27.2 Å². The highest BCUT2D eigenvalue weighted by atomic mass is 16.3. The summed E-state index contributed by atoms with van der Waals surface area (Å²) >= 11 is 0. The van der Waals surface area contributed by atoms with E-state index in [0.717, 1.165) is 25.2 Å². The van der Waals surface area contributed by atoms with Crippen molar-refractivity contribution in [1.82, 2.24) is 4.90 Å². The molecule has 21 heavy (non-hydrogen) atoms. The number of aliphatic hydroxyl groups excluding tert-OH is 1. The normalized spacial score (nSPS) is 23.3. The molecule has 0 aromatic heterocycles. The molecule has 0 saturated carbocycles. The molecule has 1 amide bonds. The average Bonchev–Trinajstić information content (AvgIpc) is 2.44. The second-order valence-electron chi connectivity index (χ2n) is 6.26. The molecule has 1 heterocycles. The number of hydrogen-bond donors (Lipinski definition) is 1. The molecule has 1 fully saturated rings. The zero-order valence-corrected chi connectivity index (χ0v) is 13.2. The Morgan fingerprint density at radius 2 is 2.05 bits per heavy atom. The lowest BCUT2D eigenvalue weighted by atomic mass is 9.97. The maximum atomic E-state index is 12.7. The highest BCUT2D eigenvalue weighted by molar-refractivity contribution is 5.95. The quantitative estimate of drug-likeness (QED) is 0.924. The summed E-state index contributed by atoms with van der Waals surface area (Å²) in [4.78, 5) is 16.7. The Hall–Kier alpha value is -1.39. The molecule has 1 aliphatic rings. The Morgan fingerprint density at radius 3 is 2.62 bits per heavy atom. The van der Waals surface area contributed by atoms with Crippen LogP contribution in [-0.4, -0.2) is 47.7 Å². The van der Waals surface area contributed by atoms with Crippen LogP contribution >= 0.6 is 0 Å². The Kier molecular flexibility index (Phi) is 5.37. The zero-order valence-electron chi connectivity index (χ0n) is 13.2. The van der Waals surface area contributed by atoms with E-state index in [-0.39, 0.29) is 24.0 Å². The van der Waals surface area contributed by atoms with Gasteiger partial charge in [0.2, 0.25) is 5.91 Å². The predicted molar refractivity (Wildman–Crippen MR) is 85.3 cm³/mol. The molecule has 1 saturated heterocycles. The van der Waals surface area contributed by atoms with Crippen LogP contribution in [0.2, 0.25) is 0 Å². The van der Waals surface area contributed by atoms with Crippen molar-refractivity contribution >= 4 is 11.6 Å². The lowest BCUT2D eigenvalue weighted by molar-refractivity contribution is -0.121. The zero-order chi connectivity index (χ0) is 15.4. The molecular weight excluding hydrogens is 264 g/mol. The van der Waals surface area contributed by atoms with Crippen LogP contribution < -0.4 is 4.90 Å². The minimum atomic E-state index is -0.230. The number of likely N-dealkylation sites (tertiary alicyclic amines) is 1. The van der Waals surface area contributed by atoms with E-state index in [1.54, 1.807) is 0 Å². The van der Waals surface area contributed by atoms with E-state index in [0.29, 0.717) is 6.54 Å². The van der Waals surface area contributed by atoms with Gasteiger partial charge in [-0.2, -0.15) is 0 Å². The number of piperidine rings is 1. The number of anilines is 1. The number of carbonyl (C=O) groups excluding carboxylic acids is 1. The Labute approximate surface area is 127 Å². The molecule has 0 radical (unpaired) electrons. The molecular formula is C17H26N2O2. The first-order valence-corrected chi connectivity index (χ1v) is 7.76. The Balaban J connectivity index is 2.03. The summed E-state index contributed by atoms with van der Waals surface area (Å²) in [6, 6.07) is 9.95. The third-order valence-electron chi connectivity index (χ3n) is 4.12. The van der Waals surface area contributed by atoms with Crippen molar-refractivity contribution < 1.29 is 9.90 Å². The SMILES string of the molecule is CC1CN(CC(=O)N(c2ccccc2)C(C)C)CCC1O. The van der Waals surface area contributed by atoms with Gasteiger partial charge in [0.25, 0.3) is 0 Å². The van der Waals surface area contributed by atoms with Gasteiger partial charge in [0, 0.05) is 24.8 Å². The van der Waals surface area contributed by atoms with Crippen LogP contribution in [-0.2, 0) is 4.79 Å². The predicted octanol–water partition coefficient (Wildman–Crippen LogP) is 2.13. The average molecular weight is 290 g/mol.